The van der Waals surface area contributed by atoms with Gasteiger partial charge in [0.25, 0.3) is 0 Å². The highest BCUT2D eigenvalue weighted by Gasteiger charge is 2.28. The third-order valence-corrected chi connectivity index (χ3v) is 4.22. The van der Waals surface area contributed by atoms with E-state index in [9.17, 15) is 13.5 Å². The summed E-state index contributed by atoms with van der Waals surface area (Å²) in [6, 6.07) is 5.02. The minimum absolute atomic E-state index is 0.0287. The SMILES string of the molecule is O=S(=O)(NC1C=C[C@H](O)[C@@H](CO)O1)c1ccc(O)cc1. The van der Waals surface area contributed by atoms with Gasteiger partial charge in [-0.1, -0.05) is 6.08 Å². The summed E-state index contributed by atoms with van der Waals surface area (Å²) < 4.78 is 31.6. The number of aliphatic hydroxyl groups is 2. The molecule has 0 spiro atoms. The first-order valence-corrected chi connectivity index (χ1v) is 7.35. The van der Waals surface area contributed by atoms with Gasteiger partial charge in [-0.3, -0.25) is 0 Å². The average molecular weight is 301 g/mol. The molecule has 2 rings (SSSR count). The summed E-state index contributed by atoms with van der Waals surface area (Å²) in [7, 11) is -3.83. The Labute approximate surface area is 116 Å². The highest BCUT2D eigenvalue weighted by Crippen LogP contribution is 2.17. The van der Waals surface area contributed by atoms with Gasteiger partial charge in [0.05, 0.1) is 11.5 Å². The lowest BCUT2D eigenvalue weighted by Gasteiger charge is -2.28. The average Bonchev–Trinajstić information content (AvgIpc) is 2.41. The fraction of sp³-hybridized carbons (Fsp3) is 0.333. The first-order chi connectivity index (χ1) is 9.42. The van der Waals surface area contributed by atoms with Crippen molar-refractivity contribution in [1.29, 1.82) is 0 Å². The largest absolute Gasteiger partial charge is 0.508 e. The number of sulfonamides is 1. The van der Waals surface area contributed by atoms with E-state index >= 15 is 0 Å². The highest BCUT2D eigenvalue weighted by molar-refractivity contribution is 7.89. The minimum atomic E-state index is -3.83. The van der Waals surface area contributed by atoms with Crippen molar-refractivity contribution < 1.29 is 28.5 Å². The maximum absolute atomic E-state index is 12.1. The highest BCUT2D eigenvalue weighted by atomic mass is 32.2. The van der Waals surface area contributed by atoms with E-state index in [2.05, 4.69) is 4.72 Å². The molecule has 0 amide bonds. The molecule has 1 aliphatic heterocycles. The Kier molecular flexibility index (Phi) is 4.41. The van der Waals surface area contributed by atoms with E-state index in [1.165, 1.54) is 36.4 Å². The number of aliphatic hydroxyl groups excluding tert-OH is 2. The normalized spacial score (nSPS) is 26.6. The van der Waals surface area contributed by atoms with Gasteiger partial charge < -0.3 is 20.1 Å². The van der Waals surface area contributed by atoms with Gasteiger partial charge in [-0.2, -0.15) is 4.72 Å². The molecule has 110 valence electrons. The van der Waals surface area contributed by atoms with Crippen LogP contribution in [0.25, 0.3) is 0 Å². The lowest BCUT2D eigenvalue weighted by atomic mass is 10.1. The third kappa shape index (κ3) is 3.35. The van der Waals surface area contributed by atoms with Crippen LogP contribution in [-0.4, -0.2) is 48.8 Å². The summed E-state index contributed by atoms with van der Waals surface area (Å²) in [5.41, 5.74) is 0. The van der Waals surface area contributed by atoms with Crippen molar-refractivity contribution in [2.24, 2.45) is 0 Å². The molecular formula is C12H15NO6S. The molecule has 0 radical (unpaired) electrons. The van der Waals surface area contributed by atoms with Crippen molar-refractivity contribution in [2.75, 3.05) is 6.61 Å². The molecule has 3 atom stereocenters. The Balaban J connectivity index is 2.13. The van der Waals surface area contributed by atoms with Crippen molar-refractivity contribution >= 4 is 10.0 Å². The van der Waals surface area contributed by atoms with Gasteiger partial charge in [0.1, 0.15) is 24.2 Å². The van der Waals surface area contributed by atoms with Crippen LogP contribution in [-0.2, 0) is 14.8 Å². The summed E-state index contributed by atoms with van der Waals surface area (Å²) in [6.07, 6.45) is -0.125. The fourth-order valence-corrected chi connectivity index (χ4v) is 2.79. The van der Waals surface area contributed by atoms with Gasteiger partial charge in [0, 0.05) is 0 Å². The Morgan fingerprint density at radius 1 is 1.20 bits per heavy atom. The van der Waals surface area contributed by atoms with Gasteiger partial charge in [0.15, 0.2) is 0 Å². The molecule has 1 unspecified atom stereocenters. The van der Waals surface area contributed by atoms with Crippen LogP contribution in [0, 0.1) is 0 Å². The van der Waals surface area contributed by atoms with Gasteiger partial charge >= 0.3 is 0 Å². The van der Waals surface area contributed by atoms with Crippen LogP contribution in [0.3, 0.4) is 0 Å². The van der Waals surface area contributed by atoms with Gasteiger partial charge in [-0.05, 0) is 30.3 Å². The van der Waals surface area contributed by atoms with E-state index in [4.69, 9.17) is 14.9 Å². The van der Waals surface area contributed by atoms with Crippen LogP contribution in [0.5, 0.6) is 5.75 Å². The molecular weight excluding hydrogens is 286 g/mol. The summed E-state index contributed by atoms with van der Waals surface area (Å²) in [6.45, 7) is -0.428. The van der Waals surface area contributed by atoms with E-state index in [1.54, 1.807) is 0 Å². The standard InChI is InChI=1S/C12H15NO6S/c14-7-11-10(16)5-6-12(19-11)13-20(17,18)9-3-1-8(15)2-4-9/h1-6,10-16H,7H2/t10-,11+,12?/m0/s1. The number of aromatic hydroxyl groups is 1. The van der Waals surface area contributed by atoms with Crippen LogP contribution in [0.4, 0.5) is 0 Å². The maximum atomic E-state index is 12.1. The van der Waals surface area contributed by atoms with Crippen LogP contribution >= 0.6 is 0 Å². The van der Waals surface area contributed by atoms with Crippen LogP contribution in [0.2, 0.25) is 0 Å². The summed E-state index contributed by atoms with van der Waals surface area (Å²) in [4.78, 5) is -0.0287. The second-order valence-electron chi connectivity index (χ2n) is 4.27. The second-order valence-corrected chi connectivity index (χ2v) is 5.98. The maximum Gasteiger partial charge on any atom is 0.242 e. The Hall–Kier alpha value is -1.45. The monoisotopic (exact) mass is 301 g/mol. The van der Waals surface area contributed by atoms with E-state index < -0.39 is 35.1 Å². The van der Waals surface area contributed by atoms with Crippen molar-refractivity contribution in [3.8, 4) is 5.75 Å². The summed E-state index contributed by atoms with van der Waals surface area (Å²) in [5.74, 6) is -0.0405. The van der Waals surface area contributed by atoms with E-state index in [1.807, 2.05) is 0 Å². The zero-order chi connectivity index (χ0) is 14.8. The lowest BCUT2D eigenvalue weighted by Crippen LogP contribution is -2.45. The smallest absolute Gasteiger partial charge is 0.242 e. The van der Waals surface area contributed by atoms with E-state index in [0.717, 1.165) is 0 Å². The van der Waals surface area contributed by atoms with E-state index in [0.29, 0.717) is 0 Å². The zero-order valence-corrected chi connectivity index (χ0v) is 11.2. The zero-order valence-electron chi connectivity index (χ0n) is 10.4. The van der Waals surface area contributed by atoms with Crippen molar-refractivity contribution in [1.82, 2.24) is 4.72 Å². The minimum Gasteiger partial charge on any atom is -0.508 e. The van der Waals surface area contributed by atoms with Crippen molar-refractivity contribution in [3.63, 3.8) is 0 Å². The van der Waals surface area contributed by atoms with Crippen LogP contribution < -0.4 is 4.72 Å². The Bertz CT molecular complexity index is 582. The van der Waals surface area contributed by atoms with Crippen LogP contribution in [0.15, 0.2) is 41.3 Å². The topological polar surface area (TPSA) is 116 Å². The fourth-order valence-electron chi connectivity index (χ4n) is 1.72. The molecule has 7 nitrogen and oxygen atoms in total. The third-order valence-electron chi connectivity index (χ3n) is 2.78. The first-order valence-electron chi connectivity index (χ1n) is 5.86. The predicted octanol–water partition coefficient (Wildman–Crippen LogP) is -0.695. The Morgan fingerprint density at radius 2 is 1.85 bits per heavy atom. The molecule has 8 heteroatoms. The van der Waals surface area contributed by atoms with Gasteiger partial charge in [-0.15, -0.1) is 0 Å². The molecule has 0 saturated heterocycles. The molecule has 20 heavy (non-hydrogen) atoms. The van der Waals surface area contributed by atoms with Gasteiger partial charge in [0.2, 0.25) is 10.0 Å². The molecule has 0 aliphatic carbocycles. The summed E-state index contributed by atoms with van der Waals surface area (Å²) >= 11 is 0. The number of hydrogen-bond acceptors (Lipinski definition) is 6. The Morgan fingerprint density at radius 3 is 2.45 bits per heavy atom. The molecule has 0 fully saturated rings. The number of hydrogen-bond donors (Lipinski definition) is 4. The molecule has 0 saturated carbocycles. The molecule has 1 aliphatic rings. The number of phenols is 1. The number of benzene rings is 1. The first kappa shape index (κ1) is 14.9. The molecule has 1 aromatic carbocycles. The number of ether oxygens (including phenoxy) is 1. The van der Waals surface area contributed by atoms with Gasteiger partial charge in [-0.25, -0.2) is 8.42 Å². The molecule has 1 aromatic rings. The number of nitrogens with one attached hydrogen (secondary N) is 1. The second kappa shape index (κ2) is 5.90. The predicted molar refractivity (Wildman–Crippen MR) is 69.3 cm³/mol. The molecule has 0 aromatic heterocycles. The van der Waals surface area contributed by atoms with E-state index in [-0.39, 0.29) is 10.6 Å². The molecule has 4 N–H and O–H groups in total. The molecule has 1 heterocycles. The quantitative estimate of drug-likeness (QED) is 0.547. The lowest BCUT2D eigenvalue weighted by molar-refractivity contribution is -0.0820. The van der Waals surface area contributed by atoms with Crippen molar-refractivity contribution in [3.05, 3.63) is 36.4 Å². The summed E-state index contributed by atoms with van der Waals surface area (Å²) in [5, 5.41) is 27.6. The van der Waals surface area contributed by atoms with Crippen LogP contribution in [0.1, 0.15) is 0 Å². The number of rotatable bonds is 4. The van der Waals surface area contributed by atoms with Crippen molar-refractivity contribution in [2.45, 2.75) is 23.3 Å². The number of phenolic OH excluding ortho intramolecular Hbond substituents is 1. The molecule has 0 bridgehead atoms.